The van der Waals surface area contributed by atoms with E-state index in [1.54, 1.807) is 6.07 Å². The zero-order valence-corrected chi connectivity index (χ0v) is 13.6. The molecule has 2 rings (SSSR count). The zero-order valence-electron chi connectivity index (χ0n) is 13.6. The van der Waals surface area contributed by atoms with Crippen molar-refractivity contribution in [2.24, 2.45) is 0 Å². The second-order valence-electron chi connectivity index (χ2n) is 5.32. The molecule has 0 saturated carbocycles. The van der Waals surface area contributed by atoms with Crippen LogP contribution in [0, 0.1) is 17.0 Å². The van der Waals surface area contributed by atoms with Crippen molar-refractivity contribution in [1.29, 1.82) is 0 Å². The van der Waals surface area contributed by atoms with Crippen LogP contribution in [-0.4, -0.2) is 23.3 Å². The van der Waals surface area contributed by atoms with Crippen molar-refractivity contribution in [2.75, 3.05) is 11.9 Å². The third-order valence-electron chi connectivity index (χ3n) is 3.26. The highest BCUT2D eigenvalue weighted by atomic mass is 16.6. The van der Waals surface area contributed by atoms with E-state index in [1.807, 2.05) is 25.1 Å². The van der Waals surface area contributed by atoms with Crippen molar-refractivity contribution in [3.63, 3.8) is 0 Å². The molecule has 0 radical (unpaired) electrons. The number of amides is 2. The normalized spacial score (nSPS) is 10.4. The molecule has 0 saturated heterocycles. The summed E-state index contributed by atoms with van der Waals surface area (Å²) in [4.78, 5) is 33.6. The highest BCUT2D eigenvalue weighted by Gasteiger charge is 2.05. The minimum Gasteiger partial charge on any atom is -0.343 e. The summed E-state index contributed by atoms with van der Waals surface area (Å²) in [6, 6.07) is 13.1. The van der Waals surface area contributed by atoms with Crippen LogP contribution >= 0.6 is 0 Å². The van der Waals surface area contributed by atoms with Gasteiger partial charge in [-0.15, -0.1) is 0 Å². The Kier molecular flexibility index (Phi) is 6.00. The number of hydrogen-bond acceptors (Lipinski definition) is 4. The second-order valence-corrected chi connectivity index (χ2v) is 5.32. The molecule has 0 heterocycles. The van der Waals surface area contributed by atoms with Crippen LogP contribution in [0.25, 0.3) is 6.08 Å². The lowest BCUT2D eigenvalue weighted by molar-refractivity contribution is -0.384. The molecule has 0 atom stereocenters. The topological polar surface area (TPSA) is 101 Å². The van der Waals surface area contributed by atoms with Crippen LogP contribution < -0.4 is 10.6 Å². The van der Waals surface area contributed by atoms with Gasteiger partial charge in [-0.3, -0.25) is 19.7 Å². The Morgan fingerprint density at radius 1 is 1.16 bits per heavy atom. The average Bonchev–Trinajstić information content (AvgIpc) is 2.58. The molecular weight excluding hydrogens is 322 g/mol. The molecule has 7 nitrogen and oxygen atoms in total. The molecule has 7 heteroatoms. The summed E-state index contributed by atoms with van der Waals surface area (Å²) in [6.07, 6.45) is 2.78. The van der Waals surface area contributed by atoms with Crippen LogP contribution in [0.2, 0.25) is 0 Å². The third-order valence-corrected chi connectivity index (χ3v) is 3.26. The number of aryl methyl sites for hydroxylation is 1. The fraction of sp³-hybridized carbons (Fsp3) is 0.111. The van der Waals surface area contributed by atoms with Crippen molar-refractivity contribution in [3.05, 3.63) is 75.8 Å². The number of non-ortho nitro benzene ring substituents is 1. The van der Waals surface area contributed by atoms with Crippen LogP contribution in [0.15, 0.2) is 54.6 Å². The number of carbonyl (C=O) groups is 2. The number of nitro groups is 1. The van der Waals surface area contributed by atoms with E-state index in [0.717, 1.165) is 5.56 Å². The molecule has 0 unspecified atom stereocenters. The molecule has 2 N–H and O–H groups in total. The number of carbonyl (C=O) groups excluding carboxylic acids is 2. The van der Waals surface area contributed by atoms with Gasteiger partial charge >= 0.3 is 0 Å². The Bertz CT molecular complexity index is 813. The summed E-state index contributed by atoms with van der Waals surface area (Å²) in [5.74, 6) is -0.763. The number of rotatable bonds is 6. The quantitative estimate of drug-likeness (QED) is 0.480. The van der Waals surface area contributed by atoms with Gasteiger partial charge in [0.15, 0.2) is 0 Å². The van der Waals surface area contributed by atoms with E-state index < -0.39 is 10.8 Å². The van der Waals surface area contributed by atoms with Gasteiger partial charge in [0.05, 0.1) is 11.5 Å². The molecule has 0 fully saturated rings. The van der Waals surface area contributed by atoms with Gasteiger partial charge in [0.2, 0.25) is 11.8 Å². The SMILES string of the molecule is Cc1cccc(NC(=O)CNC(=O)/C=C/c2ccc([N+](=O)[O-])cc2)c1. The minimum absolute atomic E-state index is 0.0191. The lowest BCUT2D eigenvalue weighted by atomic mass is 10.2. The predicted molar refractivity (Wildman–Crippen MR) is 94.9 cm³/mol. The minimum atomic E-state index is -0.493. The lowest BCUT2D eigenvalue weighted by Crippen LogP contribution is -2.31. The summed E-state index contributed by atoms with van der Waals surface area (Å²) in [7, 11) is 0. The van der Waals surface area contributed by atoms with Crippen molar-refractivity contribution in [3.8, 4) is 0 Å². The van der Waals surface area contributed by atoms with Gasteiger partial charge in [-0.05, 0) is 48.4 Å². The van der Waals surface area contributed by atoms with Crippen LogP contribution in [-0.2, 0) is 9.59 Å². The maximum absolute atomic E-state index is 11.8. The van der Waals surface area contributed by atoms with E-state index in [-0.39, 0.29) is 18.1 Å². The van der Waals surface area contributed by atoms with E-state index >= 15 is 0 Å². The standard InChI is InChI=1S/C18H17N3O4/c1-13-3-2-4-15(11-13)20-18(23)12-19-17(22)10-7-14-5-8-16(9-6-14)21(24)25/h2-11H,12H2,1H3,(H,19,22)(H,20,23)/b10-7+. The monoisotopic (exact) mass is 339 g/mol. The first-order valence-electron chi connectivity index (χ1n) is 7.51. The summed E-state index contributed by atoms with van der Waals surface area (Å²) < 4.78 is 0. The number of nitro benzene ring substituents is 1. The van der Waals surface area contributed by atoms with E-state index in [4.69, 9.17) is 0 Å². The first kappa shape index (κ1) is 17.9. The average molecular weight is 339 g/mol. The fourth-order valence-corrected chi connectivity index (χ4v) is 2.03. The van der Waals surface area contributed by atoms with Crippen molar-refractivity contribution >= 4 is 29.3 Å². The van der Waals surface area contributed by atoms with Crippen LogP contribution in [0.4, 0.5) is 11.4 Å². The van der Waals surface area contributed by atoms with Gasteiger partial charge in [0, 0.05) is 23.9 Å². The zero-order chi connectivity index (χ0) is 18.2. The Morgan fingerprint density at radius 3 is 2.52 bits per heavy atom. The highest BCUT2D eigenvalue weighted by molar-refractivity contribution is 5.98. The van der Waals surface area contributed by atoms with Crippen molar-refractivity contribution in [2.45, 2.75) is 6.92 Å². The summed E-state index contributed by atoms with van der Waals surface area (Å²) >= 11 is 0. The lowest BCUT2D eigenvalue weighted by Gasteiger charge is -2.06. The van der Waals surface area contributed by atoms with Crippen LogP contribution in [0.5, 0.6) is 0 Å². The van der Waals surface area contributed by atoms with E-state index in [1.165, 1.54) is 36.4 Å². The van der Waals surface area contributed by atoms with Gasteiger partial charge in [0.1, 0.15) is 0 Å². The number of nitrogens with zero attached hydrogens (tertiary/aromatic N) is 1. The molecule has 25 heavy (non-hydrogen) atoms. The predicted octanol–water partition coefficient (Wildman–Crippen LogP) is 2.67. The summed E-state index contributed by atoms with van der Waals surface area (Å²) in [6.45, 7) is 1.76. The van der Waals surface area contributed by atoms with Crippen molar-refractivity contribution in [1.82, 2.24) is 5.32 Å². The van der Waals surface area contributed by atoms with E-state index in [0.29, 0.717) is 11.3 Å². The Hall–Kier alpha value is -3.48. The summed E-state index contributed by atoms with van der Waals surface area (Å²) in [5.41, 5.74) is 2.31. The Labute approximate surface area is 144 Å². The van der Waals surface area contributed by atoms with E-state index in [2.05, 4.69) is 10.6 Å². The van der Waals surface area contributed by atoms with Gasteiger partial charge in [-0.2, -0.15) is 0 Å². The maximum Gasteiger partial charge on any atom is 0.269 e. The first-order chi connectivity index (χ1) is 11.9. The largest absolute Gasteiger partial charge is 0.343 e. The van der Waals surface area contributed by atoms with Crippen LogP contribution in [0.3, 0.4) is 0 Å². The maximum atomic E-state index is 11.8. The highest BCUT2D eigenvalue weighted by Crippen LogP contribution is 2.12. The van der Waals surface area contributed by atoms with Gasteiger partial charge in [-0.25, -0.2) is 0 Å². The Balaban J connectivity index is 1.81. The molecule has 128 valence electrons. The molecule has 0 aliphatic rings. The van der Waals surface area contributed by atoms with Gasteiger partial charge in [0.25, 0.3) is 5.69 Å². The third kappa shape index (κ3) is 5.91. The van der Waals surface area contributed by atoms with Gasteiger partial charge in [-0.1, -0.05) is 12.1 Å². The molecule has 0 spiro atoms. The number of anilines is 1. The Morgan fingerprint density at radius 2 is 1.88 bits per heavy atom. The number of benzene rings is 2. The fourth-order valence-electron chi connectivity index (χ4n) is 2.03. The first-order valence-corrected chi connectivity index (χ1v) is 7.51. The second kappa shape index (κ2) is 8.39. The molecule has 2 aromatic rings. The molecule has 0 aliphatic heterocycles. The number of hydrogen-bond donors (Lipinski definition) is 2. The molecule has 2 amide bonds. The smallest absolute Gasteiger partial charge is 0.269 e. The molecule has 0 aromatic heterocycles. The molecule has 2 aromatic carbocycles. The molecule has 0 aliphatic carbocycles. The van der Waals surface area contributed by atoms with Crippen LogP contribution in [0.1, 0.15) is 11.1 Å². The van der Waals surface area contributed by atoms with Crippen molar-refractivity contribution < 1.29 is 14.5 Å². The van der Waals surface area contributed by atoms with Gasteiger partial charge < -0.3 is 10.6 Å². The molecular formula is C18H17N3O4. The molecule has 0 bridgehead atoms. The van der Waals surface area contributed by atoms with E-state index in [9.17, 15) is 19.7 Å². The number of nitrogens with one attached hydrogen (secondary N) is 2. The summed E-state index contributed by atoms with van der Waals surface area (Å²) in [5, 5.41) is 15.7.